The van der Waals surface area contributed by atoms with Crippen LogP contribution in [0.5, 0.6) is 0 Å². The van der Waals surface area contributed by atoms with Gasteiger partial charge in [0.05, 0.1) is 44.1 Å². The second kappa shape index (κ2) is 19.5. The molecule has 7 heteroatoms. The standard InChI is InChI=1S/C84H52N4S2Si/c1-3-23-57(24-4-1)91(58-25-5-2-6-26-58,81-51-55(87-75-39-19-11-31-63(75)64-32-12-20-40-76(64)87)49-69-67-47-53(43-45-79(67)89-83(69)81)85-71-35-15-7-27-59(71)60-28-8-16-36-72(60)85)82-52-56(88-77-41-21-13-33-65(77)66-34-14-22-42-78(66)88)50-70-68-48-54(44-46-80(68)90-84(70)82)86-73-37-17-9-29-61(73)62-30-10-18-38-74(62)86/h1-52H. The fourth-order valence-electron chi connectivity index (χ4n) is 15.9. The molecule has 0 aliphatic heterocycles. The van der Waals surface area contributed by atoms with Gasteiger partial charge >= 0.3 is 0 Å². The Kier molecular flexibility index (Phi) is 10.9. The highest BCUT2D eigenvalue weighted by molar-refractivity contribution is 7.33. The number of fused-ring (bicyclic) bond motifs is 18. The Hall–Kier alpha value is -11.1. The van der Waals surface area contributed by atoms with Crippen molar-refractivity contribution < 1.29 is 0 Å². The molecule has 0 amide bonds. The maximum absolute atomic E-state index is 3.61. The van der Waals surface area contributed by atoms with Crippen LogP contribution in [0.25, 0.3) is 150 Å². The van der Waals surface area contributed by atoms with Crippen LogP contribution in [0.15, 0.2) is 315 Å². The monoisotopic (exact) mass is 1210 g/mol. The lowest BCUT2D eigenvalue weighted by Crippen LogP contribution is -2.75. The molecule has 0 aliphatic rings. The molecular weight excluding hydrogens is 1160 g/mol. The SMILES string of the molecule is c1ccc([Si](c2ccccc2)(c2cc(-n3c4ccccc4c4ccccc43)cc3c2sc2ccc(-n4c5ccccc5c5ccccc54)cc23)c2cc(-n3c4ccccc4c4ccccc43)cc3c2sc2ccc(-n4c5ccccc5c5ccccc54)cc23)cc1. The minimum Gasteiger partial charge on any atom is -0.309 e. The molecule has 4 nitrogen and oxygen atoms in total. The summed E-state index contributed by atoms with van der Waals surface area (Å²) >= 11 is 3.91. The lowest BCUT2D eigenvalue weighted by atomic mass is 10.1. The lowest BCUT2D eigenvalue weighted by Gasteiger charge is -2.36. The van der Waals surface area contributed by atoms with Gasteiger partial charge in [-0.3, -0.25) is 0 Å². The van der Waals surface area contributed by atoms with E-state index in [0.717, 1.165) is 22.7 Å². The average Bonchev–Trinajstić information content (AvgIpc) is 1.69. The molecule has 0 unspecified atom stereocenters. The molecular formula is C84H52N4S2Si. The fraction of sp³-hybridized carbons (Fsp3) is 0. The molecule has 0 radical (unpaired) electrons. The zero-order valence-electron chi connectivity index (χ0n) is 49.1. The Balaban J connectivity index is 0.971. The van der Waals surface area contributed by atoms with Gasteiger partial charge in [0.2, 0.25) is 0 Å². The number of aromatic nitrogens is 4. The number of nitrogens with zero attached hydrogens (tertiary/aromatic N) is 4. The molecule has 0 bridgehead atoms. The van der Waals surface area contributed by atoms with E-state index in [0.29, 0.717) is 0 Å². The Bertz CT molecular complexity index is 5810. The summed E-state index contributed by atoms with van der Waals surface area (Å²) in [6.07, 6.45) is 0. The zero-order chi connectivity index (χ0) is 59.5. The smallest absolute Gasteiger partial charge is 0.182 e. The molecule has 91 heavy (non-hydrogen) atoms. The van der Waals surface area contributed by atoms with Crippen molar-refractivity contribution in [1.29, 1.82) is 0 Å². The molecule has 424 valence electrons. The van der Waals surface area contributed by atoms with Gasteiger partial charge in [0.1, 0.15) is 0 Å². The second-order valence-electron chi connectivity index (χ2n) is 24.3. The van der Waals surface area contributed by atoms with Gasteiger partial charge in [0, 0.05) is 106 Å². The molecule has 0 spiro atoms. The summed E-state index contributed by atoms with van der Waals surface area (Å²) in [5.41, 5.74) is 14.1. The Morgan fingerprint density at radius 1 is 0.198 bits per heavy atom. The second-order valence-corrected chi connectivity index (χ2v) is 30.1. The van der Waals surface area contributed by atoms with Gasteiger partial charge in [0.25, 0.3) is 0 Å². The maximum Gasteiger partial charge on any atom is 0.182 e. The van der Waals surface area contributed by atoms with Crippen molar-refractivity contribution in [1.82, 2.24) is 18.3 Å². The van der Waals surface area contributed by atoms with Gasteiger partial charge in [-0.1, -0.05) is 206 Å². The van der Waals surface area contributed by atoms with Crippen LogP contribution < -0.4 is 20.7 Å². The zero-order valence-corrected chi connectivity index (χ0v) is 51.8. The minimum atomic E-state index is -3.61. The molecule has 0 atom stereocenters. The number of hydrogen-bond acceptors (Lipinski definition) is 2. The summed E-state index contributed by atoms with van der Waals surface area (Å²) in [7, 11) is -3.61. The van der Waals surface area contributed by atoms with Gasteiger partial charge < -0.3 is 18.3 Å². The highest BCUT2D eigenvalue weighted by atomic mass is 32.1. The normalized spacial score (nSPS) is 12.4. The van der Waals surface area contributed by atoms with E-state index in [1.54, 1.807) is 0 Å². The Morgan fingerprint density at radius 3 is 0.725 bits per heavy atom. The van der Waals surface area contributed by atoms with Crippen LogP contribution in [-0.2, 0) is 0 Å². The predicted molar refractivity (Wildman–Crippen MR) is 393 cm³/mol. The van der Waals surface area contributed by atoms with Crippen LogP contribution in [0.3, 0.4) is 0 Å². The number of thiophene rings is 2. The highest BCUT2D eigenvalue weighted by Crippen LogP contribution is 2.44. The van der Waals surface area contributed by atoms with Crippen LogP contribution in [0, 0.1) is 0 Å². The van der Waals surface area contributed by atoms with Gasteiger partial charge in [-0.2, -0.15) is 0 Å². The average molecular weight is 1210 g/mol. The first-order chi connectivity index (χ1) is 45.2. The predicted octanol–water partition coefficient (Wildman–Crippen LogP) is 20.2. The summed E-state index contributed by atoms with van der Waals surface area (Å²) in [6.45, 7) is 0. The molecule has 0 aliphatic carbocycles. The van der Waals surface area contributed by atoms with Crippen LogP contribution in [0.4, 0.5) is 0 Å². The number of rotatable bonds is 8. The van der Waals surface area contributed by atoms with Gasteiger partial charge in [-0.05, 0) is 130 Å². The third kappa shape index (κ3) is 7.19. The van der Waals surface area contributed by atoms with Crippen LogP contribution in [0.2, 0.25) is 0 Å². The quantitative estimate of drug-likeness (QED) is 0.107. The van der Waals surface area contributed by atoms with Crippen molar-refractivity contribution in [2.45, 2.75) is 0 Å². The van der Waals surface area contributed by atoms with E-state index < -0.39 is 8.07 Å². The summed E-state index contributed by atoms with van der Waals surface area (Å²) in [5, 5.41) is 20.4. The third-order valence-corrected chi connectivity index (χ3v) is 27.3. The summed E-state index contributed by atoms with van der Waals surface area (Å²) < 4.78 is 15.2. The van der Waals surface area contributed by atoms with E-state index >= 15 is 0 Å². The summed E-state index contributed by atoms with van der Waals surface area (Å²) in [5.74, 6) is 0. The van der Waals surface area contributed by atoms with E-state index in [1.165, 1.54) is 148 Å². The molecule has 6 heterocycles. The number of benzene rings is 14. The van der Waals surface area contributed by atoms with Crippen molar-refractivity contribution in [2.24, 2.45) is 0 Å². The van der Waals surface area contributed by atoms with Crippen molar-refractivity contribution in [3.05, 3.63) is 315 Å². The van der Waals surface area contributed by atoms with E-state index in [-0.39, 0.29) is 0 Å². The highest BCUT2D eigenvalue weighted by Gasteiger charge is 2.46. The molecule has 6 aromatic heterocycles. The number of hydrogen-bond donors (Lipinski definition) is 0. The first kappa shape index (κ1) is 50.9. The minimum absolute atomic E-state index is 1.15. The Morgan fingerprint density at radius 2 is 0.440 bits per heavy atom. The molecule has 0 N–H and O–H groups in total. The molecule has 14 aromatic carbocycles. The van der Waals surface area contributed by atoms with Crippen molar-refractivity contribution in [3.63, 3.8) is 0 Å². The molecule has 0 saturated heterocycles. The molecule has 20 aromatic rings. The van der Waals surface area contributed by atoms with Crippen molar-refractivity contribution in [2.75, 3.05) is 0 Å². The first-order valence-electron chi connectivity index (χ1n) is 31.2. The summed E-state index contributed by atoms with van der Waals surface area (Å²) in [4.78, 5) is 0. The maximum atomic E-state index is 2.64. The van der Waals surface area contributed by atoms with Gasteiger partial charge in [-0.25, -0.2) is 0 Å². The van der Waals surface area contributed by atoms with Gasteiger partial charge in [-0.15, -0.1) is 22.7 Å². The van der Waals surface area contributed by atoms with E-state index in [9.17, 15) is 0 Å². The third-order valence-electron chi connectivity index (χ3n) is 19.7. The largest absolute Gasteiger partial charge is 0.309 e. The van der Waals surface area contributed by atoms with Gasteiger partial charge in [0.15, 0.2) is 8.07 Å². The van der Waals surface area contributed by atoms with E-state index in [1.807, 2.05) is 22.7 Å². The van der Waals surface area contributed by atoms with Crippen LogP contribution in [-0.4, -0.2) is 26.3 Å². The lowest BCUT2D eigenvalue weighted by molar-refractivity contribution is 1.18. The first-order valence-corrected chi connectivity index (χ1v) is 34.9. The van der Waals surface area contributed by atoms with Crippen LogP contribution >= 0.6 is 22.7 Å². The molecule has 0 saturated carbocycles. The van der Waals surface area contributed by atoms with E-state index in [4.69, 9.17) is 0 Å². The van der Waals surface area contributed by atoms with Crippen LogP contribution in [0.1, 0.15) is 0 Å². The number of para-hydroxylation sites is 8. The molecule has 0 fully saturated rings. The topological polar surface area (TPSA) is 19.7 Å². The fourth-order valence-corrected chi connectivity index (χ4v) is 24.2. The molecule has 20 rings (SSSR count). The van der Waals surface area contributed by atoms with Crippen molar-refractivity contribution in [3.8, 4) is 22.7 Å². The van der Waals surface area contributed by atoms with Crippen molar-refractivity contribution >= 4 is 179 Å². The Labute approximate surface area is 531 Å². The van der Waals surface area contributed by atoms with E-state index in [2.05, 4.69) is 334 Å². The summed E-state index contributed by atoms with van der Waals surface area (Å²) in [6, 6.07) is 120.